The fraction of sp³-hybridized carbons (Fsp3) is 0.391. The molecule has 8 nitrogen and oxygen atoms in total. The lowest BCUT2D eigenvalue weighted by Gasteiger charge is -2.37. The van der Waals surface area contributed by atoms with Crippen LogP contribution in [0.15, 0.2) is 47.8 Å². The van der Waals surface area contributed by atoms with Gasteiger partial charge in [0.1, 0.15) is 5.82 Å². The van der Waals surface area contributed by atoms with Gasteiger partial charge in [0.05, 0.1) is 5.69 Å². The van der Waals surface area contributed by atoms with E-state index in [9.17, 15) is 4.39 Å². The van der Waals surface area contributed by atoms with Gasteiger partial charge in [-0.05, 0) is 49.7 Å². The SMILES string of the molecule is COCCCN(C)Sc1cc(F)cc(N2CCc3nc(-c4ncccn4)ncc3C2OC)c1. The van der Waals surface area contributed by atoms with Crippen LogP contribution in [0, 0.1) is 5.82 Å². The summed E-state index contributed by atoms with van der Waals surface area (Å²) in [5, 5.41) is 0. The number of hydrogen-bond donors (Lipinski definition) is 0. The van der Waals surface area contributed by atoms with Crippen molar-refractivity contribution in [2.75, 3.05) is 45.9 Å². The molecule has 0 fully saturated rings. The maximum absolute atomic E-state index is 14.5. The van der Waals surface area contributed by atoms with Gasteiger partial charge in [0.15, 0.2) is 17.9 Å². The van der Waals surface area contributed by atoms with E-state index in [1.54, 1.807) is 51.0 Å². The molecule has 174 valence electrons. The second kappa shape index (κ2) is 11.0. The summed E-state index contributed by atoms with van der Waals surface area (Å²) in [6, 6.07) is 6.84. The summed E-state index contributed by atoms with van der Waals surface area (Å²) >= 11 is 1.51. The highest BCUT2D eigenvalue weighted by molar-refractivity contribution is 7.97. The van der Waals surface area contributed by atoms with Gasteiger partial charge >= 0.3 is 0 Å². The van der Waals surface area contributed by atoms with Crippen molar-refractivity contribution in [1.29, 1.82) is 0 Å². The van der Waals surface area contributed by atoms with Crippen molar-refractivity contribution in [3.63, 3.8) is 0 Å². The Hall–Kier alpha value is -2.66. The van der Waals surface area contributed by atoms with Crippen LogP contribution >= 0.6 is 11.9 Å². The zero-order valence-electron chi connectivity index (χ0n) is 18.9. The first kappa shape index (κ1) is 23.5. The van der Waals surface area contributed by atoms with Crippen LogP contribution in [0.25, 0.3) is 11.6 Å². The van der Waals surface area contributed by atoms with E-state index in [2.05, 4.69) is 24.2 Å². The Balaban J connectivity index is 1.56. The summed E-state index contributed by atoms with van der Waals surface area (Å²) in [5.41, 5.74) is 2.51. The molecule has 1 unspecified atom stereocenters. The number of anilines is 1. The number of aromatic nitrogens is 4. The first-order valence-corrected chi connectivity index (χ1v) is 11.5. The van der Waals surface area contributed by atoms with Gasteiger partial charge in [-0.15, -0.1) is 0 Å². The van der Waals surface area contributed by atoms with E-state index in [-0.39, 0.29) is 5.82 Å². The molecule has 33 heavy (non-hydrogen) atoms. The van der Waals surface area contributed by atoms with Gasteiger partial charge in [-0.2, -0.15) is 0 Å². The molecule has 1 atom stereocenters. The number of ether oxygens (including phenoxy) is 2. The van der Waals surface area contributed by atoms with Crippen molar-refractivity contribution in [2.45, 2.75) is 24.0 Å². The summed E-state index contributed by atoms with van der Waals surface area (Å²) in [5.74, 6) is 0.686. The predicted molar refractivity (Wildman–Crippen MR) is 125 cm³/mol. The number of hydrogen-bond acceptors (Lipinski definition) is 9. The van der Waals surface area contributed by atoms with Crippen LogP contribution in [0.2, 0.25) is 0 Å². The molecule has 0 bridgehead atoms. The molecule has 3 heterocycles. The minimum atomic E-state index is -0.418. The van der Waals surface area contributed by atoms with E-state index in [0.29, 0.717) is 31.2 Å². The number of benzene rings is 1. The van der Waals surface area contributed by atoms with Crippen LogP contribution in [0.1, 0.15) is 23.9 Å². The molecule has 0 saturated heterocycles. The summed E-state index contributed by atoms with van der Waals surface area (Å²) in [4.78, 5) is 20.5. The van der Waals surface area contributed by atoms with Gasteiger partial charge in [0.25, 0.3) is 0 Å². The van der Waals surface area contributed by atoms with Crippen LogP contribution < -0.4 is 4.90 Å². The average Bonchev–Trinajstić information content (AvgIpc) is 2.83. The standard InChI is InChI=1S/C23H27FN6O2S/c1-29(9-5-11-31-2)33-18-13-16(24)12-17(14-18)30-10-6-20-19(23(30)32-3)15-27-22(28-20)21-25-7-4-8-26-21/h4,7-8,12-15,23H,5-6,9-11H2,1-3H3. The Morgan fingerprint density at radius 3 is 2.73 bits per heavy atom. The van der Waals surface area contributed by atoms with Gasteiger partial charge in [-0.25, -0.2) is 28.6 Å². The zero-order valence-corrected chi connectivity index (χ0v) is 19.8. The third kappa shape index (κ3) is 5.64. The maximum atomic E-state index is 14.5. The fourth-order valence-electron chi connectivity index (χ4n) is 3.81. The zero-order chi connectivity index (χ0) is 23.2. The van der Waals surface area contributed by atoms with Gasteiger partial charge in [0.2, 0.25) is 0 Å². The molecular formula is C23H27FN6O2S. The highest BCUT2D eigenvalue weighted by Crippen LogP contribution is 2.36. The molecular weight excluding hydrogens is 443 g/mol. The summed E-state index contributed by atoms with van der Waals surface area (Å²) < 4.78 is 27.6. The summed E-state index contributed by atoms with van der Waals surface area (Å²) in [6.45, 7) is 2.17. The lowest BCUT2D eigenvalue weighted by Crippen LogP contribution is -2.37. The Labute approximate surface area is 197 Å². The van der Waals surface area contributed by atoms with E-state index >= 15 is 0 Å². The molecule has 2 aromatic heterocycles. The second-order valence-electron chi connectivity index (χ2n) is 7.63. The number of methoxy groups -OCH3 is 2. The monoisotopic (exact) mass is 470 g/mol. The van der Waals surface area contributed by atoms with Gasteiger partial charge in [0, 0.05) is 75.1 Å². The molecule has 0 N–H and O–H groups in total. The van der Waals surface area contributed by atoms with Crippen molar-refractivity contribution >= 4 is 17.6 Å². The second-order valence-corrected chi connectivity index (χ2v) is 8.91. The van der Waals surface area contributed by atoms with Crippen molar-refractivity contribution in [3.8, 4) is 11.6 Å². The molecule has 10 heteroatoms. The van der Waals surface area contributed by atoms with Crippen molar-refractivity contribution in [1.82, 2.24) is 24.2 Å². The number of fused-ring (bicyclic) bond motifs is 1. The molecule has 3 aromatic rings. The van der Waals surface area contributed by atoms with Crippen molar-refractivity contribution < 1.29 is 13.9 Å². The Kier molecular flexibility index (Phi) is 7.81. The van der Waals surface area contributed by atoms with Crippen LogP contribution in [0.3, 0.4) is 0 Å². The minimum absolute atomic E-state index is 0.284. The highest BCUT2D eigenvalue weighted by Gasteiger charge is 2.30. The minimum Gasteiger partial charge on any atom is -0.385 e. The highest BCUT2D eigenvalue weighted by atomic mass is 32.2. The first-order chi connectivity index (χ1) is 16.1. The van der Waals surface area contributed by atoms with E-state index in [1.165, 1.54) is 11.9 Å². The van der Waals surface area contributed by atoms with Gasteiger partial charge < -0.3 is 14.4 Å². The molecule has 0 radical (unpaired) electrons. The lowest BCUT2D eigenvalue weighted by molar-refractivity contribution is 0.0933. The first-order valence-electron chi connectivity index (χ1n) is 10.7. The average molecular weight is 471 g/mol. The quantitative estimate of drug-likeness (QED) is 0.343. The van der Waals surface area contributed by atoms with E-state index in [0.717, 1.165) is 34.8 Å². The Morgan fingerprint density at radius 2 is 1.97 bits per heavy atom. The largest absolute Gasteiger partial charge is 0.385 e. The van der Waals surface area contributed by atoms with Crippen LogP contribution in [0.4, 0.5) is 10.1 Å². The molecule has 4 rings (SSSR count). The molecule has 1 aliphatic heterocycles. The van der Waals surface area contributed by atoms with Crippen LogP contribution in [0.5, 0.6) is 0 Å². The van der Waals surface area contributed by atoms with E-state index in [1.807, 2.05) is 18.0 Å². The molecule has 1 aliphatic rings. The maximum Gasteiger partial charge on any atom is 0.197 e. The fourth-order valence-corrected chi connectivity index (χ4v) is 4.73. The number of rotatable bonds is 9. The molecule has 0 amide bonds. The molecule has 0 saturated carbocycles. The normalized spacial score (nSPS) is 15.7. The Bertz CT molecular complexity index is 1070. The van der Waals surface area contributed by atoms with Crippen LogP contribution in [-0.4, -0.2) is 65.2 Å². The molecule has 0 spiro atoms. The Morgan fingerprint density at radius 1 is 1.15 bits per heavy atom. The smallest absolute Gasteiger partial charge is 0.197 e. The van der Waals surface area contributed by atoms with Crippen molar-refractivity contribution in [3.05, 3.63) is 59.9 Å². The number of nitrogens with zero attached hydrogens (tertiary/aromatic N) is 6. The number of halogens is 1. The molecule has 0 aliphatic carbocycles. The predicted octanol–water partition coefficient (Wildman–Crippen LogP) is 3.76. The molecule has 1 aromatic carbocycles. The third-order valence-corrected chi connectivity index (χ3v) is 6.24. The van der Waals surface area contributed by atoms with E-state index < -0.39 is 6.23 Å². The summed E-state index contributed by atoms with van der Waals surface area (Å²) in [7, 11) is 5.32. The van der Waals surface area contributed by atoms with Gasteiger partial charge in [-0.3, -0.25) is 0 Å². The van der Waals surface area contributed by atoms with Crippen molar-refractivity contribution in [2.24, 2.45) is 0 Å². The summed E-state index contributed by atoms with van der Waals surface area (Å²) in [6.07, 6.45) is 6.25. The third-order valence-electron chi connectivity index (χ3n) is 5.30. The van der Waals surface area contributed by atoms with E-state index in [4.69, 9.17) is 9.47 Å². The lowest BCUT2D eigenvalue weighted by atomic mass is 10.0. The van der Waals surface area contributed by atoms with Crippen LogP contribution in [-0.2, 0) is 15.9 Å². The topological polar surface area (TPSA) is 76.5 Å². The van der Waals surface area contributed by atoms with Gasteiger partial charge in [-0.1, -0.05) is 0 Å².